The zero-order valence-corrected chi connectivity index (χ0v) is 12.3. The fourth-order valence-corrected chi connectivity index (χ4v) is 2.33. The van der Waals surface area contributed by atoms with E-state index in [0.29, 0.717) is 28.6 Å². The largest absolute Gasteiger partial charge is 0.395 e. The number of carbonyl (C=O) groups excluding carboxylic acids is 1. The summed E-state index contributed by atoms with van der Waals surface area (Å²) in [7, 11) is 1.84. The van der Waals surface area contributed by atoms with Gasteiger partial charge in [0.25, 0.3) is 5.91 Å². The van der Waals surface area contributed by atoms with Crippen LogP contribution >= 0.6 is 11.6 Å². The van der Waals surface area contributed by atoms with Crippen molar-refractivity contribution in [3.63, 3.8) is 0 Å². The second kappa shape index (κ2) is 6.78. The average molecular weight is 292 g/mol. The van der Waals surface area contributed by atoms with Gasteiger partial charge in [-0.15, -0.1) is 0 Å². The number of carbonyl (C=O) groups is 1. The molecule has 106 valence electrons. The highest BCUT2D eigenvalue weighted by atomic mass is 35.5. The SMILES string of the molecule is CN(C(=O)c1ccc(C#CCCO)c(Cl)c1)C1CCC1. The van der Waals surface area contributed by atoms with Crippen LogP contribution in [0.1, 0.15) is 41.6 Å². The quantitative estimate of drug-likeness (QED) is 0.870. The van der Waals surface area contributed by atoms with Gasteiger partial charge < -0.3 is 10.0 Å². The number of rotatable bonds is 3. The van der Waals surface area contributed by atoms with E-state index in [4.69, 9.17) is 16.7 Å². The van der Waals surface area contributed by atoms with Crippen molar-refractivity contribution in [1.82, 2.24) is 4.90 Å². The Balaban J connectivity index is 2.12. The molecule has 1 N–H and O–H groups in total. The fourth-order valence-electron chi connectivity index (χ4n) is 2.11. The molecule has 0 unspecified atom stereocenters. The molecule has 3 nitrogen and oxygen atoms in total. The normalized spacial score (nSPS) is 14.2. The lowest BCUT2D eigenvalue weighted by Crippen LogP contribution is -2.41. The van der Waals surface area contributed by atoms with Crippen LogP contribution < -0.4 is 0 Å². The van der Waals surface area contributed by atoms with Crippen LogP contribution in [-0.4, -0.2) is 35.6 Å². The summed E-state index contributed by atoms with van der Waals surface area (Å²) in [4.78, 5) is 14.1. The van der Waals surface area contributed by atoms with Crippen LogP contribution in [0.15, 0.2) is 18.2 Å². The van der Waals surface area contributed by atoms with E-state index < -0.39 is 0 Å². The molecule has 1 aromatic carbocycles. The van der Waals surface area contributed by atoms with E-state index in [9.17, 15) is 4.79 Å². The van der Waals surface area contributed by atoms with Crippen LogP contribution in [0.4, 0.5) is 0 Å². The number of aliphatic hydroxyl groups is 1. The van der Waals surface area contributed by atoms with Crippen LogP contribution in [0.5, 0.6) is 0 Å². The maximum atomic E-state index is 12.3. The summed E-state index contributed by atoms with van der Waals surface area (Å²) in [6, 6.07) is 5.55. The molecular formula is C16H18ClNO2. The van der Waals surface area contributed by atoms with Crippen molar-refractivity contribution in [3.8, 4) is 11.8 Å². The summed E-state index contributed by atoms with van der Waals surface area (Å²) < 4.78 is 0. The topological polar surface area (TPSA) is 40.5 Å². The van der Waals surface area contributed by atoms with Crippen molar-refractivity contribution in [2.45, 2.75) is 31.7 Å². The van der Waals surface area contributed by atoms with E-state index in [0.717, 1.165) is 12.8 Å². The third-order valence-electron chi connectivity index (χ3n) is 3.62. The molecule has 0 radical (unpaired) electrons. The van der Waals surface area contributed by atoms with Crippen molar-refractivity contribution >= 4 is 17.5 Å². The third-order valence-corrected chi connectivity index (χ3v) is 3.93. The molecule has 1 aliphatic rings. The Morgan fingerprint density at radius 2 is 2.25 bits per heavy atom. The van der Waals surface area contributed by atoms with E-state index in [1.165, 1.54) is 6.42 Å². The van der Waals surface area contributed by atoms with Gasteiger partial charge in [-0.2, -0.15) is 0 Å². The molecule has 20 heavy (non-hydrogen) atoms. The van der Waals surface area contributed by atoms with Crippen molar-refractivity contribution < 1.29 is 9.90 Å². The van der Waals surface area contributed by atoms with Crippen LogP contribution in [0.25, 0.3) is 0 Å². The number of hydrogen-bond acceptors (Lipinski definition) is 2. The van der Waals surface area contributed by atoms with Gasteiger partial charge >= 0.3 is 0 Å². The van der Waals surface area contributed by atoms with Crippen molar-refractivity contribution in [2.24, 2.45) is 0 Å². The summed E-state index contributed by atoms with van der Waals surface area (Å²) in [6.07, 6.45) is 3.78. The number of amides is 1. The van der Waals surface area contributed by atoms with Gasteiger partial charge in [-0.3, -0.25) is 4.79 Å². The van der Waals surface area contributed by atoms with Crippen LogP contribution in [0, 0.1) is 11.8 Å². The molecule has 0 spiro atoms. The number of hydrogen-bond donors (Lipinski definition) is 1. The molecule has 1 aromatic rings. The van der Waals surface area contributed by atoms with Gasteiger partial charge in [-0.25, -0.2) is 0 Å². The first-order chi connectivity index (χ1) is 9.63. The molecule has 1 aliphatic carbocycles. The molecule has 0 atom stereocenters. The van der Waals surface area contributed by atoms with Gasteiger partial charge in [0, 0.05) is 30.6 Å². The van der Waals surface area contributed by atoms with Gasteiger partial charge in [0.1, 0.15) is 0 Å². The zero-order chi connectivity index (χ0) is 14.5. The summed E-state index contributed by atoms with van der Waals surface area (Å²) in [5.41, 5.74) is 1.28. The Hall–Kier alpha value is -1.50. The van der Waals surface area contributed by atoms with Crippen molar-refractivity contribution in [1.29, 1.82) is 0 Å². The third kappa shape index (κ3) is 3.33. The van der Waals surface area contributed by atoms with E-state index in [1.807, 2.05) is 7.05 Å². The smallest absolute Gasteiger partial charge is 0.253 e. The van der Waals surface area contributed by atoms with Crippen molar-refractivity contribution in [3.05, 3.63) is 34.3 Å². The second-order valence-electron chi connectivity index (χ2n) is 4.97. The van der Waals surface area contributed by atoms with E-state index in [2.05, 4.69) is 11.8 Å². The number of aliphatic hydroxyl groups excluding tert-OH is 1. The molecule has 0 aliphatic heterocycles. The van der Waals surface area contributed by atoms with Crippen LogP contribution in [0.2, 0.25) is 5.02 Å². The maximum absolute atomic E-state index is 12.3. The monoisotopic (exact) mass is 291 g/mol. The lowest BCUT2D eigenvalue weighted by molar-refractivity contribution is 0.0652. The first-order valence-electron chi connectivity index (χ1n) is 6.80. The van der Waals surface area contributed by atoms with Crippen LogP contribution in [0.3, 0.4) is 0 Å². The summed E-state index contributed by atoms with van der Waals surface area (Å²) in [6.45, 7) is 0.0351. The Bertz CT molecular complexity index is 555. The lowest BCUT2D eigenvalue weighted by Gasteiger charge is -2.34. The fraction of sp³-hybridized carbons (Fsp3) is 0.438. The number of halogens is 1. The Morgan fingerprint density at radius 1 is 1.50 bits per heavy atom. The van der Waals surface area contributed by atoms with Gasteiger partial charge in [-0.1, -0.05) is 23.4 Å². The predicted octanol–water partition coefficient (Wildman–Crippen LogP) is 2.70. The minimum atomic E-state index is 0.00599. The highest BCUT2D eigenvalue weighted by Gasteiger charge is 2.26. The van der Waals surface area contributed by atoms with E-state index >= 15 is 0 Å². The molecule has 1 fully saturated rings. The maximum Gasteiger partial charge on any atom is 0.253 e. The summed E-state index contributed by atoms with van der Waals surface area (Å²) in [5.74, 6) is 5.71. The van der Waals surface area contributed by atoms with E-state index in [1.54, 1.807) is 23.1 Å². The van der Waals surface area contributed by atoms with Crippen molar-refractivity contribution in [2.75, 3.05) is 13.7 Å². The molecule has 0 bridgehead atoms. The number of nitrogens with zero attached hydrogens (tertiary/aromatic N) is 1. The van der Waals surface area contributed by atoms with Gasteiger partial charge in [0.15, 0.2) is 0 Å². The lowest BCUT2D eigenvalue weighted by atomic mass is 9.91. The predicted molar refractivity (Wildman–Crippen MR) is 79.8 cm³/mol. The average Bonchev–Trinajstić information content (AvgIpc) is 2.38. The zero-order valence-electron chi connectivity index (χ0n) is 11.5. The van der Waals surface area contributed by atoms with Gasteiger partial charge in [-0.05, 0) is 37.5 Å². The molecule has 0 aromatic heterocycles. The minimum Gasteiger partial charge on any atom is -0.395 e. The highest BCUT2D eigenvalue weighted by Crippen LogP contribution is 2.26. The Morgan fingerprint density at radius 3 is 2.80 bits per heavy atom. The van der Waals surface area contributed by atoms with Gasteiger partial charge in [0.2, 0.25) is 0 Å². The molecule has 0 heterocycles. The first kappa shape index (κ1) is 14.9. The number of benzene rings is 1. The standard InChI is InChI=1S/C16H18ClNO2/c1-18(14-6-4-7-14)16(20)13-9-8-12(15(17)11-13)5-2-3-10-19/h8-9,11,14,19H,3-4,6-7,10H2,1H3. The minimum absolute atomic E-state index is 0.00599. The molecule has 0 saturated heterocycles. The highest BCUT2D eigenvalue weighted by molar-refractivity contribution is 6.32. The molecule has 2 rings (SSSR count). The summed E-state index contributed by atoms with van der Waals surface area (Å²) in [5, 5.41) is 9.16. The van der Waals surface area contributed by atoms with E-state index in [-0.39, 0.29) is 12.5 Å². The summed E-state index contributed by atoms with van der Waals surface area (Å²) >= 11 is 6.15. The molecule has 1 saturated carbocycles. The Kier molecular flexibility index (Phi) is 5.05. The molecule has 4 heteroatoms. The Labute approximate surface area is 124 Å². The first-order valence-corrected chi connectivity index (χ1v) is 7.17. The molecule has 1 amide bonds. The second-order valence-corrected chi connectivity index (χ2v) is 5.38. The van der Waals surface area contributed by atoms with Crippen LogP contribution in [-0.2, 0) is 0 Å². The van der Waals surface area contributed by atoms with Gasteiger partial charge in [0.05, 0.1) is 11.6 Å². The molecular weight excluding hydrogens is 274 g/mol.